The Morgan fingerprint density at radius 2 is 1.50 bits per heavy atom. The number of nitrogens with zero attached hydrogens (tertiary/aromatic N) is 4. The average Bonchev–Trinajstić information content (AvgIpc) is 2.35. The van der Waals surface area contributed by atoms with Gasteiger partial charge in [0, 0.05) is 52.4 Å². The summed E-state index contributed by atoms with van der Waals surface area (Å²) in [6, 6.07) is 2.20. The van der Waals surface area contributed by atoms with Crippen LogP contribution >= 0.6 is 0 Å². The van der Waals surface area contributed by atoms with Crippen LogP contribution in [0.5, 0.6) is 0 Å². The molecule has 18 heavy (non-hydrogen) atoms. The van der Waals surface area contributed by atoms with Crippen molar-refractivity contribution in [1.82, 2.24) is 20.4 Å². The molecule has 0 amide bonds. The molecule has 0 aromatic carbocycles. The molecule has 1 aliphatic rings. The van der Waals surface area contributed by atoms with Crippen molar-refractivity contribution in [3.8, 4) is 6.07 Å². The van der Waals surface area contributed by atoms with E-state index in [2.05, 4.69) is 31.3 Å². The fourth-order valence-electron chi connectivity index (χ4n) is 1.92. The molecule has 1 fully saturated rings. The van der Waals surface area contributed by atoms with Crippen molar-refractivity contribution in [2.75, 3.05) is 65.6 Å². The van der Waals surface area contributed by atoms with Crippen LogP contribution in [-0.4, -0.2) is 75.4 Å². The van der Waals surface area contributed by atoms with E-state index in [1.807, 2.05) is 0 Å². The van der Waals surface area contributed by atoms with Gasteiger partial charge < -0.3 is 10.6 Å². The summed E-state index contributed by atoms with van der Waals surface area (Å²) in [5.74, 6) is 0. The molecule has 0 bridgehead atoms. The summed E-state index contributed by atoms with van der Waals surface area (Å²) >= 11 is 0. The lowest BCUT2D eigenvalue weighted by molar-refractivity contribution is 0.265. The first-order valence-corrected chi connectivity index (χ1v) is 6.43. The lowest BCUT2D eigenvalue weighted by Gasteiger charge is -2.22. The van der Waals surface area contributed by atoms with Crippen LogP contribution in [0.2, 0.25) is 0 Å². The third-order valence-corrected chi connectivity index (χ3v) is 2.98. The van der Waals surface area contributed by atoms with Gasteiger partial charge in [-0.25, -0.2) is 11.5 Å². The average molecular weight is 250 g/mol. The van der Waals surface area contributed by atoms with Crippen molar-refractivity contribution < 1.29 is 0 Å². The third kappa shape index (κ3) is 6.53. The van der Waals surface area contributed by atoms with Crippen LogP contribution in [0.4, 0.5) is 0 Å². The second kappa shape index (κ2) is 9.81. The summed E-state index contributed by atoms with van der Waals surface area (Å²) in [4.78, 5) is 7.75. The van der Waals surface area contributed by atoms with Gasteiger partial charge >= 0.3 is 0 Å². The van der Waals surface area contributed by atoms with E-state index in [9.17, 15) is 0 Å². The second-order valence-electron chi connectivity index (χ2n) is 4.35. The fourth-order valence-corrected chi connectivity index (χ4v) is 1.92. The van der Waals surface area contributed by atoms with Gasteiger partial charge in [0.15, 0.2) is 0 Å². The van der Waals surface area contributed by atoms with E-state index in [-0.39, 0.29) is 0 Å². The largest absolute Gasteiger partial charge is 0.314 e. The summed E-state index contributed by atoms with van der Waals surface area (Å²) in [6.45, 7) is 15.1. The van der Waals surface area contributed by atoms with E-state index < -0.39 is 0 Å². The molecule has 0 aromatic rings. The Balaban J connectivity index is 2.33. The standard InChI is InChI=1S/C12H22N6/c1-14-12-18-10-5-15-3-8-17(7-2-13)9-4-16-6-11-18/h15-16H,3-12H2. The number of nitrogens with one attached hydrogen (secondary N) is 2. The van der Waals surface area contributed by atoms with Gasteiger partial charge in [-0.2, -0.15) is 5.26 Å². The molecule has 100 valence electrons. The highest BCUT2D eigenvalue weighted by molar-refractivity contribution is 4.78. The molecule has 0 radical (unpaired) electrons. The van der Waals surface area contributed by atoms with E-state index in [1.54, 1.807) is 0 Å². The minimum Gasteiger partial charge on any atom is -0.314 e. The van der Waals surface area contributed by atoms with Crippen LogP contribution in [0.15, 0.2) is 0 Å². The van der Waals surface area contributed by atoms with Crippen molar-refractivity contribution >= 4 is 0 Å². The Bertz CT molecular complexity index is 250. The van der Waals surface area contributed by atoms with Crippen molar-refractivity contribution in [2.45, 2.75) is 0 Å². The zero-order valence-corrected chi connectivity index (χ0v) is 10.9. The first kappa shape index (κ1) is 14.9. The molecule has 6 nitrogen and oxygen atoms in total. The van der Waals surface area contributed by atoms with Crippen LogP contribution < -0.4 is 10.6 Å². The van der Waals surface area contributed by atoms with Crippen molar-refractivity contribution in [2.24, 2.45) is 0 Å². The Kier molecular flexibility index (Phi) is 8.11. The predicted molar refractivity (Wildman–Crippen MR) is 70.8 cm³/mol. The molecular formula is C12H22N6. The highest BCUT2D eigenvalue weighted by atomic mass is 15.2. The van der Waals surface area contributed by atoms with Crippen LogP contribution in [0, 0.1) is 17.9 Å². The maximum absolute atomic E-state index is 8.73. The number of hydrogen-bond acceptors (Lipinski definition) is 5. The van der Waals surface area contributed by atoms with E-state index in [0.29, 0.717) is 13.2 Å². The summed E-state index contributed by atoms with van der Waals surface area (Å²) in [7, 11) is 0. The van der Waals surface area contributed by atoms with E-state index in [1.165, 1.54) is 0 Å². The van der Waals surface area contributed by atoms with Gasteiger partial charge in [0.25, 0.3) is 6.67 Å². The van der Waals surface area contributed by atoms with E-state index in [0.717, 1.165) is 52.4 Å². The molecule has 1 rings (SSSR count). The Hall–Kier alpha value is -1.18. The zero-order chi connectivity index (χ0) is 13.1. The fraction of sp³-hybridized carbons (Fsp3) is 0.833. The minimum atomic E-state index is 0.476. The van der Waals surface area contributed by atoms with Crippen LogP contribution in [0.25, 0.3) is 4.85 Å². The first-order valence-electron chi connectivity index (χ1n) is 6.43. The normalized spacial score (nSPS) is 21.2. The summed E-state index contributed by atoms with van der Waals surface area (Å²) < 4.78 is 0. The smallest absolute Gasteiger partial charge is 0.270 e. The van der Waals surface area contributed by atoms with Gasteiger partial charge in [-0.05, 0) is 0 Å². The first-order chi connectivity index (χ1) is 8.86. The molecule has 6 heteroatoms. The maximum atomic E-state index is 8.73. The number of nitriles is 1. The predicted octanol–water partition coefficient (Wildman–Crippen LogP) is -0.816. The lowest BCUT2D eigenvalue weighted by atomic mass is 10.4. The van der Waals surface area contributed by atoms with Crippen LogP contribution in [0.1, 0.15) is 0 Å². The molecule has 0 saturated carbocycles. The summed E-state index contributed by atoms with van der Waals surface area (Å²) in [5, 5.41) is 15.5. The minimum absolute atomic E-state index is 0.476. The molecule has 0 aromatic heterocycles. The third-order valence-electron chi connectivity index (χ3n) is 2.98. The Morgan fingerprint density at radius 3 is 1.94 bits per heavy atom. The molecule has 1 saturated heterocycles. The van der Waals surface area contributed by atoms with Crippen LogP contribution in [-0.2, 0) is 0 Å². The van der Waals surface area contributed by atoms with Gasteiger partial charge in [0.05, 0.1) is 12.6 Å². The lowest BCUT2D eigenvalue weighted by Crippen LogP contribution is -2.43. The molecule has 0 aliphatic carbocycles. The molecule has 1 heterocycles. The van der Waals surface area contributed by atoms with Crippen LogP contribution in [0.3, 0.4) is 0 Å². The highest BCUT2D eigenvalue weighted by Gasteiger charge is 2.08. The quantitative estimate of drug-likeness (QED) is 0.495. The molecule has 0 spiro atoms. The maximum Gasteiger partial charge on any atom is 0.270 e. The molecule has 1 aliphatic heterocycles. The number of hydrogen-bond donors (Lipinski definition) is 2. The molecule has 0 atom stereocenters. The van der Waals surface area contributed by atoms with E-state index in [4.69, 9.17) is 11.8 Å². The van der Waals surface area contributed by atoms with Gasteiger partial charge in [-0.15, -0.1) is 0 Å². The Labute approximate surface area is 109 Å². The van der Waals surface area contributed by atoms with Gasteiger partial charge in [0.1, 0.15) is 0 Å². The van der Waals surface area contributed by atoms with Gasteiger partial charge in [-0.1, -0.05) is 0 Å². The van der Waals surface area contributed by atoms with Gasteiger partial charge in [0.2, 0.25) is 0 Å². The molecule has 0 unspecified atom stereocenters. The number of rotatable bonds is 2. The topological polar surface area (TPSA) is 58.7 Å². The SMILES string of the molecule is [C-]#[N+]CN1CCNCCN(CC#N)CCNCC1. The highest BCUT2D eigenvalue weighted by Crippen LogP contribution is 1.90. The Morgan fingerprint density at radius 1 is 1.00 bits per heavy atom. The molecular weight excluding hydrogens is 228 g/mol. The summed E-state index contributed by atoms with van der Waals surface area (Å²) in [5.41, 5.74) is 0. The summed E-state index contributed by atoms with van der Waals surface area (Å²) in [6.07, 6.45) is 0. The van der Waals surface area contributed by atoms with Gasteiger partial charge in [-0.3, -0.25) is 9.74 Å². The zero-order valence-electron chi connectivity index (χ0n) is 10.9. The van der Waals surface area contributed by atoms with E-state index >= 15 is 0 Å². The van der Waals surface area contributed by atoms with Crippen molar-refractivity contribution in [1.29, 1.82) is 5.26 Å². The monoisotopic (exact) mass is 250 g/mol. The van der Waals surface area contributed by atoms with Crippen molar-refractivity contribution in [3.63, 3.8) is 0 Å². The molecule has 2 N–H and O–H groups in total. The second-order valence-corrected chi connectivity index (χ2v) is 4.35. The van der Waals surface area contributed by atoms with Crippen molar-refractivity contribution in [3.05, 3.63) is 11.4 Å².